The zero-order chi connectivity index (χ0) is 65.0. The van der Waals surface area contributed by atoms with E-state index in [1.165, 1.54) is 36.8 Å². The third kappa shape index (κ3) is 26.0. The number of aromatic hydroxyl groups is 1. The number of aliphatic carboxylic acids is 4. The lowest BCUT2D eigenvalue weighted by molar-refractivity contribution is -0.144. The molecule has 0 radical (unpaired) electrons. The molecule has 2 rings (SSSR count). The average molecular weight is 1220 g/mol. The normalized spacial score (nSPS) is 15.2. The second-order valence-corrected chi connectivity index (χ2v) is 19.6. The van der Waals surface area contributed by atoms with Crippen molar-refractivity contribution < 1.29 is 108 Å². The Morgan fingerprint density at radius 3 is 1.38 bits per heavy atom. The van der Waals surface area contributed by atoms with Gasteiger partial charge in [0.15, 0.2) is 0 Å². The summed E-state index contributed by atoms with van der Waals surface area (Å²) in [4.78, 5) is 189. The van der Waals surface area contributed by atoms with Crippen LogP contribution in [0.1, 0.15) is 82.9 Å². The third-order valence-corrected chi connectivity index (χ3v) is 12.5. The fourth-order valence-electron chi connectivity index (χ4n) is 7.80. The van der Waals surface area contributed by atoms with Crippen molar-refractivity contribution in [2.75, 3.05) is 13.2 Å². The number of phenols is 1. The second-order valence-electron chi connectivity index (χ2n) is 19.6. The first-order valence-corrected chi connectivity index (χ1v) is 26.4. The summed E-state index contributed by atoms with van der Waals surface area (Å²) in [6.45, 7) is 1.15. The van der Waals surface area contributed by atoms with Gasteiger partial charge in [0.2, 0.25) is 59.1 Å². The van der Waals surface area contributed by atoms with Crippen molar-refractivity contribution in [1.29, 1.82) is 0 Å². The molecule has 0 unspecified atom stereocenters. The van der Waals surface area contributed by atoms with Gasteiger partial charge in [-0.05, 0) is 70.2 Å². The smallest absolute Gasteiger partial charge is 0.326 e. The molecule has 36 heteroatoms. The molecule has 12 atom stereocenters. The molecule has 0 spiro atoms. The maximum absolute atomic E-state index is 14.6. The Labute approximate surface area is 488 Å². The van der Waals surface area contributed by atoms with Gasteiger partial charge in [0, 0.05) is 37.6 Å². The molecule has 1 aromatic carbocycles. The first-order valence-electron chi connectivity index (χ1n) is 26.4. The Bertz CT molecular complexity index is 2690. The molecule has 0 saturated heterocycles. The van der Waals surface area contributed by atoms with E-state index in [2.05, 4.69) is 41.9 Å². The van der Waals surface area contributed by atoms with Gasteiger partial charge in [-0.2, -0.15) is 0 Å². The van der Waals surface area contributed by atoms with Crippen LogP contribution in [-0.2, 0) is 80.0 Å². The molecule has 10 amide bonds. The highest BCUT2D eigenvalue weighted by molar-refractivity contribution is 6.00. The van der Waals surface area contributed by atoms with Crippen LogP contribution in [0.3, 0.4) is 0 Å². The molecule has 1 heterocycles. The predicted molar refractivity (Wildman–Crippen MR) is 290 cm³/mol. The minimum atomic E-state index is -2.10. The highest BCUT2D eigenvalue weighted by Gasteiger charge is 2.38. The molecule has 0 saturated carbocycles. The summed E-state index contributed by atoms with van der Waals surface area (Å²) < 4.78 is 0. The standard InChI is InChI=1S/C50H74N14O22/c1-22(66)39(48(83)58-30(50(85)86)11-13-36(70)71)63-43(78)29(10-12-35(53)69)57-44(79)31(15-24-6-8-26(68)9-7-24)60-45(80)32(16-25-19-54-21-55-25)61-42(77)28(5-3-4-14-51)56-46(81)33(17-37(72)73)62-49(84)40(23(2)67)64-47(82)34(18-38(74)75)59-41(76)27(52)20-65/h6-9,19,21-23,27-34,39-40,65-68H,3-5,10-18,20,51-52H2,1-2H3,(H2,53,69)(H,54,55)(H,56,81)(H,57,79)(H,58,83)(H,59,76)(H,60,80)(H,61,77)(H,62,84)(H,63,78)(H,64,82)(H,70,71)(H,72,73)(H,74,75)(H,85,86)/t22-,23-,27+,28+,29+,30+,31+,32+,33+,34+,39+,40+/m1/s1. The Morgan fingerprint density at radius 2 is 0.942 bits per heavy atom. The van der Waals surface area contributed by atoms with E-state index in [0.717, 1.165) is 13.8 Å². The van der Waals surface area contributed by atoms with Crippen LogP contribution in [0.5, 0.6) is 5.75 Å². The highest BCUT2D eigenvalue weighted by Crippen LogP contribution is 2.14. The number of nitrogens with zero attached hydrogens (tertiary/aromatic N) is 1. The molecule has 0 aliphatic rings. The van der Waals surface area contributed by atoms with Gasteiger partial charge >= 0.3 is 23.9 Å². The number of imidazole rings is 1. The number of carboxylic acid groups (broad SMARTS) is 4. The molecule has 0 aliphatic carbocycles. The van der Waals surface area contributed by atoms with Crippen molar-refractivity contribution in [1.82, 2.24) is 57.8 Å². The SMILES string of the molecule is C[C@@H](O)[C@H](NC(=O)[C@H](CCC(N)=O)NC(=O)[C@H](Cc1ccc(O)cc1)NC(=O)[C@H](Cc1cnc[nH]1)NC(=O)[C@H](CCCCN)NC(=O)[C@H](CC(=O)O)NC(=O)[C@@H](NC(=O)[C@H](CC(=O)O)NC(=O)[C@@H](N)CO)[C@@H](C)O)C(=O)N[C@@H](CCC(=O)O)C(=O)O. The van der Waals surface area contributed by atoms with Gasteiger partial charge in [-0.3, -0.25) is 62.3 Å². The fraction of sp³-hybridized carbons (Fsp3) is 0.540. The highest BCUT2D eigenvalue weighted by atomic mass is 16.4. The number of H-pyrrole nitrogens is 1. The number of benzene rings is 1. The van der Waals surface area contributed by atoms with Crippen LogP contribution in [0.2, 0.25) is 0 Å². The van der Waals surface area contributed by atoms with Gasteiger partial charge in [-0.15, -0.1) is 0 Å². The summed E-state index contributed by atoms with van der Waals surface area (Å²) in [6.07, 6.45) is -6.76. The number of aliphatic hydroxyl groups is 3. The Balaban J connectivity index is 2.58. The molecular weight excluding hydrogens is 1150 g/mol. The molecule has 0 bridgehead atoms. The Kier molecular flexibility index (Phi) is 30.7. The number of nitrogens with two attached hydrogens (primary N) is 3. The number of nitrogens with one attached hydrogen (secondary N) is 10. The topological polar surface area (TPSA) is 616 Å². The summed E-state index contributed by atoms with van der Waals surface area (Å²) in [5.41, 5.74) is 17.0. The number of phenolic OH excluding ortho intramolecular Hbond substituents is 1. The van der Waals surface area contributed by atoms with Crippen LogP contribution in [0.25, 0.3) is 0 Å². The molecule has 24 N–H and O–H groups in total. The van der Waals surface area contributed by atoms with Crippen molar-refractivity contribution in [3.05, 3.63) is 48.0 Å². The van der Waals surface area contributed by atoms with E-state index >= 15 is 0 Å². The zero-order valence-electron chi connectivity index (χ0n) is 46.6. The molecule has 36 nitrogen and oxygen atoms in total. The van der Waals surface area contributed by atoms with Gasteiger partial charge in [-0.1, -0.05) is 12.1 Å². The van der Waals surface area contributed by atoms with Gasteiger partial charge in [-0.25, -0.2) is 9.78 Å². The first kappa shape index (κ1) is 72.7. The number of hydrogen-bond donors (Lipinski definition) is 21. The van der Waals surface area contributed by atoms with E-state index in [1.54, 1.807) is 0 Å². The molecule has 0 fully saturated rings. The predicted octanol–water partition coefficient (Wildman–Crippen LogP) is -8.36. The number of rotatable bonds is 40. The Hall–Kier alpha value is -9.39. The molecule has 1 aromatic heterocycles. The number of hydrogen-bond acceptors (Lipinski definition) is 21. The summed E-state index contributed by atoms with van der Waals surface area (Å²) in [6, 6.07) is -13.3. The van der Waals surface area contributed by atoms with Crippen molar-refractivity contribution in [2.24, 2.45) is 17.2 Å². The lowest BCUT2D eigenvalue weighted by Crippen LogP contribution is -2.62. The summed E-state index contributed by atoms with van der Waals surface area (Å²) >= 11 is 0. The summed E-state index contributed by atoms with van der Waals surface area (Å²) in [5, 5.41) is 97.9. The zero-order valence-corrected chi connectivity index (χ0v) is 46.6. The number of amides is 10. The third-order valence-electron chi connectivity index (χ3n) is 12.5. The number of carboxylic acids is 4. The van der Waals surface area contributed by atoms with E-state index in [0.29, 0.717) is 0 Å². The Morgan fingerprint density at radius 1 is 0.523 bits per heavy atom. The minimum Gasteiger partial charge on any atom is -0.508 e. The van der Waals surface area contributed by atoms with E-state index in [4.69, 9.17) is 22.3 Å². The van der Waals surface area contributed by atoms with Crippen LogP contribution in [-0.4, -0.2) is 220 Å². The lowest BCUT2D eigenvalue weighted by Gasteiger charge is -2.28. The molecule has 0 aliphatic heterocycles. The van der Waals surface area contributed by atoms with Crippen molar-refractivity contribution in [3.63, 3.8) is 0 Å². The van der Waals surface area contributed by atoms with Gasteiger partial charge < -0.3 is 111 Å². The minimum absolute atomic E-state index is 0.0674. The molecular formula is C50H74N14O22. The summed E-state index contributed by atoms with van der Waals surface area (Å²) in [7, 11) is 0. The van der Waals surface area contributed by atoms with Gasteiger partial charge in [0.25, 0.3) is 0 Å². The fourth-order valence-corrected chi connectivity index (χ4v) is 7.80. The number of carbonyl (C=O) groups excluding carboxylic acids is 10. The average Bonchev–Trinajstić information content (AvgIpc) is 3.05. The lowest BCUT2D eigenvalue weighted by atomic mass is 10.0. The number of aromatic amines is 1. The maximum atomic E-state index is 14.6. The maximum Gasteiger partial charge on any atom is 0.326 e. The second kappa shape index (κ2) is 36.3. The molecule has 86 heavy (non-hydrogen) atoms. The first-order chi connectivity index (χ1) is 40.4. The largest absolute Gasteiger partial charge is 0.508 e. The van der Waals surface area contributed by atoms with Crippen molar-refractivity contribution in [3.8, 4) is 5.75 Å². The molecule has 476 valence electrons. The van der Waals surface area contributed by atoms with E-state index in [9.17, 15) is 103 Å². The number of carbonyl (C=O) groups is 14. The monoisotopic (exact) mass is 1220 g/mol. The van der Waals surface area contributed by atoms with E-state index in [-0.39, 0.29) is 42.8 Å². The van der Waals surface area contributed by atoms with Gasteiger partial charge in [0.1, 0.15) is 66.2 Å². The summed E-state index contributed by atoms with van der Waals surface area (Å²) in [5.74, 6) is -18.9. The van der Waals surface area contributed by atoms with Crippen molar-refractivity contribution >= 4 is 82.9 Å². The van der Waals surface area contributed by atoms with Crippen LogP contribution in [0.15, 0.2) is 36.8 Å². The van der Waals surface area contributed by atoms with Crippen LogP contribution < -0.4 is 65.1 Å². The van der Waals surface area contributed by atoms with Crippen LogP contribution in [0, 0.1) is 0 Å². The van der Waals surface area contributed by atoms with Crippen LogP contribution in [0.4, 0.5) is 0 Å². The number of aromatic nitrogens is 2. The number of aliphatic hydroxyl groups excluding tert-OH is 3. The number of unbranched alkanes of at least 4 members (excludes halogenated alkanes) is 1. The van der Waals surface area contributed by atoms with Gasteiger partial charge in [0.05, 0.1) is 38.0 Å². The van der Waals surface area contributed by atoms with E-state index in [1.807, 2.05) is 16.0 Å². The quantitative estimate of drug-likeness (QED) is 0.0276. The number of primary amides is 1. The van der Waals surface area contributed by atoms with Crippen molar-refractivity contribution in [2.45, 2.75) is 157 Å². The van der Waals surface area contributed by atoms with Crippen LogP contribution >= 0.6 is 0 Å². The molecule has 2 aromatic rings. The van der Waals surface area contributed by atoms with E-state index < -0.39 is 214 Å².